The number of ether oxygens (including phenoxy) is 2. The second-order valence-electron chi connectivity index (χ2n) is 4.77. The third-order valence-corrected chi connectivity index (χ3v) is 3.34. The van der Waals surface area contributed by atoms with Gasteiger partial charge in [0.25, 0.3) is 0 Å². The molecule has 1 aromatic heterocycles. The quantitative estimate of drug-likeness (QED) is 0.863. The van der Waals surface area contributed by atoms with Gasteiger partial charge in [-0.05, 0) is 24.6 Å². The summed E-state index contributed by atoms with van der Waals surface area (Å²) in [5, 5.41) is 13.5. The molecule has 2 aromatic rings. The van der Waals surface area contributed by atoms with E-state index in [9.17, 15) is 5.11 Å². The van der Waals surface area contributed by atoms with Gasteiger partial charge in [0.2, 0.25) is 11.7 Å². The summed E-state index contributed by atoms with van der Waals surface area (Å²) in [5.74, 6) is 1.16. The maximum Gasteiger partial charge on any atom is 0.249 e. The van der Waals surface area contributed by atoms with Crippen molar-refractivity contribution in [2.24, 2.45) is 5.73 Å². The molecule has 3 rings (SSSR count). The maximum atomic E-state index is 9.57. The number of hydrogen-bond donors (Lipinski definition) is 2. The number of aromatic nitrogens is 2. The van der Waals surface area contributed by atoms with E-state index >= 15 is 0 Å². The molecule has 106 valence electrons. The lowest BCUT2D eigenvalue weighted by atomic mass is 10.0. The number of phenols is 1. The molecule has 1 atom stereocenters. The molecule has 1 aliphatic heterocycles. The van der Waals surface area contributed by atoms with E-state index < -0.39 is 5.54 Å². The van der Waals surface area contributed by atoms with Crippen LogP contribution in [0.4, 0.5) is 0 Å². The van der Waals surface area contributed by atoms with Gasteiger partial charge in [0.15, 0.2) is 11.5 Å². The Kier molecular flexibility index (Phi) is 3.07. The third kappa shape index (κ3) is 2.10. The van der Waals surface area contributed by atoms with Gasteiger partial charge in [-0.15, -0.1) is 0 Å². The van der Waals surface area contributed by atoms with Gasteiger partial charge < -0.3 is 24.8 Å². The fraction of sp³-hybridized carbons (Fsp3) is 0.385. The number of nitrogens with zero attached hydrogens (tertiary/aromatic N) is 2. The lowest BCUT2D eigenvalue weighted by Crippen LogP contribution is -2.37. The van der Waals surface area contributed by atoms with Crippen LogP contribution in [0, 0.1) is 0 Å². The van der Waals surface area contributed by atoms with E-state index in [1.807, 2.05) is 0 Å². The van der Waals surface area contributed by atoms with E-state index in [4.69, 9.17) is 19.7 Å². The molecule has 1 aliphatic rings. The first-order valence-corrected chi connectivity index (χ1v) is 6.20. The van der Waals surface area contributed by atoms with Crippen LogP contribution in [0.15, 0.2) is 22.7 Å². The van der Waals surface area contributed by atoms with Crippen LogP contribution in [0.3, 0.4) is 0 Å². The van der Waals surface area contributed by atoms with Gasteiger partial charge in [-0.25, -0.2) is 0 Å². The zero-order chi connectivity index (χ0) is 14.2. The number of phenolic OH excluding ortho intramolecular Hbond substituents is 1. The zero-order valence-electron chi connectivity index (χ0n) is 11.0. The van der Waals surface area contributed by atoms with Crippen LogP contribution in [-0.2, 0) is 10.3 Å². The van der Waals surface area contributed by atoms with E-state index in [0.29, 0.717) is 42.7 Å². The van der Waals surface area contributed by atoms with Crippen molar-refractivity contribution >= 4 is 0 Å². The SMILES string of the molecule is COc1cc(-c2noc(C3(N)CCOC3)n2)ccc1O. The molecule has 2 heterocycles. The molecule has 7 nitrogen and oxygen atoms in total. The molecule has 0 spiro atoms. The van der Waals surface area contributed by atoms with Crippen LogP contribution in [0.2, 0.25) is 0 Å². The fourth-order valence-electron chi connectivity index (χ4n) is 2.11. The van der Waals surface area contributed by atoms with Gasteiger partial charge in [-0.1, -0.05) is 5.16 Å². The number of methoxy groups -OCH3 is 1. The topological polar surface area (TPSA) is 104 Å². The maximum absolute atomic E-state index is 9.57. The molecular weight excluding hydrogens is 262 g/mol. The molecule has 1 aromatic carbocycles. The first-order chi connectivity index (χ1) is 9.62. The minimum Gasteiger partial charge on any atom is -0.504 e. The van der Waals surface area contributed by atoms with Crippen molar-refractivity contribution in [2.45, 2.75) is 12.0 Å². The average Bonchev–Trinajstić information content (AvgIpc) is 3.09. The highest BCUT2D eigenvalue weighted by atomic mass is 16.5. The third-order valence-electron chi connectivity index (χ3n) is 3.34. The Bertz CT molecular complexity index is 620. The zero-order valence-corrected chi connectivity index (χ0v) is 11.0. The molecule has 1 saturated heterocycles. The van der Waals surface area contributed by atoms with E-state index in [2.05, 4.69) is 10.1 Å². The number of benzene rings is 1. The summed E-state index contributed by atoms with van der Waals surface area (Å²) in [6, 6.07) is 4.83. The van der Waals surface area contributed by atoms with Crippen molar-refractivity contribution in [3.05, 3.63) is 24.1 Å². The molecule has 0 aliphatic carbocycles. The van der Waals surface area contributed by atoms with Crippen molar-refractivity contribution in [3.8, 4) is 22.9 Å². The van der Waals surface area contributed by atoms with Crippen LogP contribution < -0.4 is 10.5 Å². The highest BCUT2D eigenvalue weighted by molar-refractivity contribution is 5.60. The summed E-state index contributed by atoms with van der Waals surface area (Å²) in [6.45, 7) is 0.953. The largest absolute Gasteiger partial charge is 0.504 e. The Morgan fingerprint density at radius 2 is 2.30 bits per heavy atom. The lowest BCUT2D eigenvalue weighted by Gasteiger charge is -2.15. The molecule has 7 heteroatoms. The van der Waals surface area contributed by atoms with Gasteiger partial charge >= 0.3 is 0 Å². The first kappa shape index (κ1) is 12.9. The van der Waals surface area contributed by atoms with Crippen molar-refractivity contribution in [1.82, 2.24) is 10.1 Å². The highest BCUT2D eigenvalue weighted by Crippen LogP contribution is 2.32. The Balaban J connectivity index is 1.94. The van der Waals surface area contributed by atoms with E-state index in [-0.39, 0.29) is 5.75 Å². The molecule has 1 fully saturated rings. The molecule has 3 N–H and O–H groups in total. The highest BCUT2D eigenvalue weighted by Gasteiger charge is 2.38. The van der Waals surface area contributed by atoms with Crippen LogP contribution in [0.5, 0.6) is 11.5 Å². The minimum atomic E-state index is -0.716. The van der Waals surface area contributed by atoms with Crippen LogP contribution >= 0.6 is 0 Å². The smallest absolute Gasteiger partial charge is 0.249 e. The lowest BCUT2D eigenvalue weighted by molar-refractivity contribution is 0.166. The summed E-state index contributed by atoms with van der Waals surface area (Å²) in [5.41, 5.74) is 6.13. The van der Waals surface area contributed by atoms with Crippen LogP contribution in [0.25, 0.3) is 11.4 Å². The Hall–Kier alpha value is -2.12. The average molecular weight is 277 g/mol. The van der Waals surface area contributed by atoms with Crippen LogP contribution in [0.1, 0.15) is 12.3 Å². The number of hydrogen-bond acceptors (Lipinski definition) is 7. The van der Waals surface area contributed by atoms with Crippen molar-refractivity contribution < 1.29 is 19.1 Å². The molecule has 20 heavy (non-hydrogen) atoms. The van der Waals surface area contributed by atoms with Crippen LogP contribution in [-0.4, -0.2) is 35.6 Å². The Morgan fingerprint density at radius 1 is 1.45 bits per heavy atom. The molecule has 0 saturated carbocycles. The van der Waals surface area contributed by atoms with Gasteiger partial charge in [0, 0.05) is 12.2 Å². The predicted molar refractivity (Wildman–Crippen MR) is 69.3 cm³/mol. The summed E-state index contributed by atoms with van der Waals surface area (Å²) in [7, 11) is 1.48. The van der Waals surface area contributed by atoms with Crippen molar-refractivity contribution in [3.63, 3.8) is 0 Å². The summed E-state index contributed by atoms with van der Waals surface area (Å²) in [4.78, 5) is 4.32. The number of aromatic hydroxyl groups is 1. The second-order valence-corrected chi connectivity index (χ2v) is 4.77. The number of nitrogens with two attached hydrogens (primary N) is 1. The second kappa shape index (κ2) is 4.77. The van der Waals surface area contributed by atoms with Gasteiger partial charge in [0.05, 0.1) is 13.7 Å². The van der Waals surface area contributed by atoms with Crippen molar-refractivity contribution in [1.29, 1.82) is 0 Å². The first-order valence-electron chi connectivity index (χ1n) is 6.20. The van der Waals surface area contributed by atoms with E-state index in [0.717, 1.165) is 0 Å². The molecule has 0 radical (unpaired) electrons. The monoisotopic (exact) mass is 277 g/mol. The van der Waals surface area contributed by atoms with E-state index in [1.165, 1.54) is 13.2 Å². The molecule has 0 amide bonds. The fourth-order valence-corrected chi connectivity index (χ4v) is 2.11. The standard InChI is InChI=1S/C13H15N3O4/c1-18-10-6-8(2-3-9(10)17)11-15-12(20-16-11)13(14)4-5-19-7-13/h2-3,6,17H,4-5,7,14H2,1H3. The summed E-state index contributed by atoms with van der Waals surface area (Å²) in [6.07, 6.45) is 0.646. The normalized spacial score (nSPS) is 22.1. The molecule has 0 bridgehead atoms. The summed E-state index contributed by atoms with van der Waals surface area (Å²) < 4.78 is 15.6. The molecular formula is C13H15N3O4. The predicted octanol–water partition coefficient (Wildman–Crippen LogP) is 1.03. The van der Waals surface area contributed by atoms with Crippen molar-refractivity contribution in [2.75, 3.05) is 20.3 Å². The number of rotatable bonds is 3. The van der Waals surface area contributed by atoms with Gasteiger partial charge in [-0.3, -0.25) is 0 Å². The minimum absolute atomic E-state index is 0.0551. The van der Waals surface area contributed by atoms with Gasteiger partial charge in [-0.2, -0.15) is 4.98 Å². The molecule has 1 unspecified atom stereocenters. The van der Waals surface area contributed by atoms with E-state index in [1.54, 1.807) is 12.1 Å². The summed E-state index contributed by atoms with van der Waals surface area (Å²) >= 11 is 0. The Labute approximate surface area is 115 Å². The Morgan fingerprint density at radius 3 is 3.00 bits per heavy atom. The van der Waals surface area contributed by atoms with Gasteiger partial charge in [0.1, 0.15) is 5.54 Å².